The zero-order chi connectivity index (χ0) is 20.1. The lowest BCUT2D eigenvalue weighted by Crippen LogP contribution is -2.51. The van der Waals surface area contributed by atoms with E-state index in [4.69, 9.17) is 9.47 Å². The van der Waals surface area contributed by atoms with Gasteiger partial charge in [0.15, 0.2) is 0 Å². The third-order valence-electron chi connectivity index (χ3n) is 4.87. The first-order valence-electron chi connectivity index (χ1n) is 9.79. The highest BCUT2D eigenvalue weighted by Gasteiger charge is 2.32. The summed E-state index contributed by atoms with van der Waals surface area (Å²) in [6.45, 7) is 4.26. The molecule has 0 N–H and O–H groups in total. The maximum atomic E-state index is 12.5. The second-order valence-electron chi connectivity index (χ2n) is 7.00. The number of carbonyl (C=O) groups excluding carboxylic acids is 1. The van der Waals surface area contributed by atoms with E-state index in [-0.39, 0.29) is 11.9 Å². The van der Waals surface area contributed by atoms with Gasteiger partial charge in [0.1, 0.15) is 23.8 Å². The molecule has 7 heteroatoms. The van der Waals surface area contributed by atoms with E-state index in [9.17, 15) is 4.79 Å². The topological polar surface area (TPSA) is 69.5 Å². The number of hydrogen-bond acceptors (Lipinski definition) is 5. The number of amides is 1. The Kier molecular flexibility index (Phi) is 5.74. The second kappa shape index (κ2) is 8.77. The maximum absolute atomic E-state index is 12.5. The van der Waals surface area contributed by atoms with Gasteiger partial charge in [0.25, 0.3) is 0 Å². The minimum Gasteiger partial charge on any atom is -0.494 e. The molecule has 2 heterocycles. The third-order valence-corrected chi connectivity index (χ3v) is 4.87. The number of para-hydroxylation sites is 1. The van der Waals surface area contributed by atoms with Gasteiger partial charge in [-0.05, 0) is 36.8 Å². The van der Waals surface area contributed by atoms with Crippen molar-refractivity contribution in [1.82, 2.24) is 19.9 Å². The molecule has 0 unspecified atom stereocenters. The Morgan fingerprint density at radius 3 is 2.48 bits per heavy atom. The van der Waals surface area contributed by atoms with Crippen LogP contribution in [0.1, 0.15) is 24.2 Å². The van der Waals surface area contributed by atoms with E-state index in [1.54, 1.807) is 0 Å². The Morgan fingerprint density at radius 1 is 1.03 bits per heavy atom. The van der Waals surface area contributed by atoms with Crippen LogP contribution in [0, 0.1) is 0 Å². The summed E-state index contributed by atoms with van der Waals surface area (Å²) in [5.74, 6) is 1.75. The quantitative estimate of drug-likeness (QED) is 0.590. The molecule has 2 aromatic carbocycles. The first kappa shape index (κ1) is 19.0. The number of rotatable bonds is 8. The van der Waals surface area contributed by atoms with Crippen LogP contribution in [0.25, 0.3) is 0 Å². The minimum absolute atomic E-state index is 0.123. The zero-order valence-electron chi connectivity index (χ0n) is 16.4. The van der Waals surface area contributed by atoms with Crippen molar-refractivity contribution in [1.29, 1.82) is 0 Å². The molecule has 0 spiro atoms. The largest absolute Gasteiger partial charge is 0.494 e. The molecule has 0 radical (unpaired) electrons. The van der Waals surface area contributed by atoms with Gasteiger partial charge >= 0.3 is 0 Å². The summed E-state index contributed by atoms with van der Waals surface area (Å²) >= 11 is 0. The van der Waals surface area contributed by atoms with Crippen molar-refractivity contribution in [2.45, 2.75) is 26.0 Å². The fraction of sp³-hybridized carbons (Fsp3) is 0.318. The second-order valence-corrected chi connectivity index (χ2v) is 7.00. The summed E-state index contributed by atoms with van der Waals surface area (Å²) in [6.07, 6.45) is 2.29. The van der Waals surface area contributed by atoms with E-state index in [0.29, 0.717) is 32.7 Å². The molecule has 1 aliphatic rings. The molecule has 3 aromatic rings. The average molecular weight is 392 g/mol. The van der Waals surface area contributed by atoms with Crippen LogP contribution < -0.4 is 9.47 Å². The van der Waals surface area contributed by atoms with Crippen LogP contribution in [0.2, 0.25) is 0 Å². The van der Waals surface area contributed by atoms with Crippen molar-refractivity contribution in [3.8, 4) is 11.5 Å². The van der Waals surface area contributed by atoms with Crippen LogP contribution in [-0.2, 0) is 17.8 Å². The molecule has 1 saturated heterocycles. The van der Waals surface area contributed by atoms with Gasteiger partial charge in [-0.15, -0.1) is 5.10 Å². The Morgan fingerprint density at radius 2 is 1.76 bits per heavy atom. The number of likely N-dealkylation sites (tertiary alicyclic amines) is 1. The van der Waals surface area contributed by atoms with Crippen LogP contribution in [0.3, 0.4) is 0 Å². The third kappa shape index (κ3) is 4.74. The molecule has 1 aliphatic heterocycles. The molecular weight excluding hydrogens is 368 g/mol. The zero-order valence-corrected chi connectivity index (χ0v) is 16.4. The van der Waals surface area contributed by atoms with E-state index >= 15 is 0 Å². The average Bonchev–Trinajstić information content (AvgIpc) is 3.16. The molecule has 0 aliphatic carbocycles. The standard InChI is InChI=1S/C22H24N4O3/c1-2-28-21-10-8-17(9-11-21)12-22(27)25-14-19(15-25)26-13-18(23-24-26)16-29-20-6-4-3-5-7-20/h3-11,13,19H,2,12,14-16H2,1H3. The molecule has 4 rings (SSSR count). The van der Waals surface area contributed by atoms with E-state index < -0.39 is 0 Å². The highest BCUT2D eigenvalue weighted by molar-refractivity contribution is 5.79. The minimum atomic E-state index is 0.123. The van der Waals surface area contributed by atoms with Crippen molar-refractivity contribution in [3.05, 3.63) is 72.1 Å². The van der Waals surface area contributed by atoms with E-state index in [0.717, 1.165) is 22.8 Å². The van der Waals surface area contributed by atoms with Crippen LogP contribution in [-0.4, -0.2) is 45.5 Å². The fourth-order valence-corrected chi connectivity index (χ4v) is 3.21. The molecule has 150 valence electrons. The number of benzene rings is 2. The number of aromatic nitrogens is 3. The number of nitrogens with zero attached hydrogens (tertiary/aromatic N) is 4. The van der Waals surface area contributed by atoms with Crippen LogP contribution in [0.4, 0.5) is 0 Å². The Hall–Kier alpha value is -3.35. The fourth-order valence-electron chi connectivity index (χ4n) is 3.21. The molecule has 1 amide bonds. The van der Waals surface area contributed by atoms with Crippen molar-refractivity contribution in [2.24, 2.45) is 0 Å². The van der Waals surface area contributed by atoms with E-state index in [1.165, 1.54) is 0 Å². The summed E-state index contributed by atoms with van der Waals surface area (Å²) < 4.78 is 13.0. The number of ether oxygens (including phenoxy) is 2. The van der Waals surface area contributed by atoms with Crippen molar-refractivity contribution in [3.63, 3.8) is 0 Å². The molecule has 7 nitrogen and oxygen atoms in total. The maximum Gasteiger partial charge on any atom is 0.227 e. The molecule has 1 fully saturated rings. The van der Waals surface area contributed by atoms with Crippen LogP contribution >= 0.6 is 0 Å². The Labute approximate surface area is 169 Å². The van der Waals surface area contributed by atoms with E-state index in [1.807, 2.05) is 77.3 Å². The molecule has 0 atom stereocenters. The Balaban J connectivity index is 1.24. The van der Waals surface area contributed by atoms with Gasteiger partial charge in [-0.3, -0.25) is 4.79 Å². The normalized spacial score (nSPS) is 13.8. The number of carbonyl (C=O) groups is 1. The molecule has 0 saturated carbocycles. The van der Waals surface area contributed by atoms with Gasteiger partial charge in [-0.25, -0.2) is 4.68 Å². The van der Waals surface area contributed by atoms with Gasteiger partial charge in [0.05, 0.1) is 25.3 Å². The van der Waals surface area contributed by atoms with Gasteiger partial charge < -0.3 is 14.4 Å². The Bertz CT molecular complexity index is 934. The first-order valence-corrected chi connectivity index (χ1v) is 9.79. The van der Waals surface area contributed by atoms with Crippen LogP contribution in [0.15, 0.2) is 60.8 Å². The van der Waals surface area contributed by atoms with Crippen LogP contribution in [0.5, 0.6) is 11.5 Å². The molecule has 0 bridgehead atoms. The van der Waals surface area contributed by atoms with Gasteiger partial charge in [0.2, 0.25) is 5.91 Å². The molecule has 29 heavy (non-hydrogen) atoms. The lowest BCUT2D eigenvalue weighted by molar-refractivity contribution is -0.136. The van der Waals surface area contributed by atoms with Gasteiger partial charge in [-0.1, -0.05) is 35.5 Å². The predicted octanol–water partition coefficient (Wildman–Crippen LogP) is 2.88. The van der Waals surface area contributed by atoms with Gasteiger partial charge in [-0.2, -0.15) is 0 Å². The smallest absolute Gasteiger partial charge is 0.227 e. The lowest BCUT2D eigenvalue weighted by Gasteiger charge is -2.39. The summed E-state index contributed by atoms with van der Waals surface area (Å²) in [5.41, 5.74) is 1.76. The SMILES string of the molecule is CCOc1ccc(CC(=O)N2CC(n3cc(COc4ccccc4)nn3)C2)cc1. The summed E-state index contributed by atoms with van der Waals surface area (Å²) in [5, 5.41) is 8.36. The highest BCUT2D eigenvalue weighted by atomic mass is 16.5. The van der Waals surface area contributed by atoms with Gasteiger partial charge in [0, 0.05) is 13.1 Å². The molecule has 1 aromatic heterocycles. The summed E-state index contributed by atoms with van der Waals surface area (Å²) in [4.78, 5) is 14.3. The monoisotopic (exact) mass is 392 g/mol. The summed E-state index contributed by atoms with van der Waals surface area (Å²) in [7, 11) is 0. The first-order chi connectivity index (χ1) is 14.2. The predicted molar refractivity (Wildman–Crippen MR) is 108 cm³/mol. The lowest BCUT2D eigenvalue weighted by atomic mass is 10.1. The van der Waals surface area contributed by atoms with Crippen molar-refractivity contribution < 1.29 is 14.3 Å². The summed E-state index contributed by atoms with van der Waals surface area (Å²) in [6, 6.07) is 17.5. The highest BCUT2D eigenvalue weighted by Crippen LogP contribution is 2.22. The molecular formula is C22H24N4O3. The van der Waals surface area contributed by atoms with E-state index in [2.05, 4.69) is 10.3 Å². The van der Waals surface area contributed by atoms with Crippen molar-refractivity contribution >= 4 is 5.91 Å². The van der Waals surface area contributed by atoms with Crippen molar-refractivity contribution in [2.75, 3.05) is 19.7 Å². The number of hydrogen-bond donors (Lipinski definition) is 0.